The summed E-state index contributed by atoms with van der Waals surface area (Å²) in [7, 11) is 0. The maximum atomic E-state index is 10.6. The Morgan fingerprint density at radius 1 is 1.50 bits per heavy atom. The molecule has 10 heavy (non-hydrogen) atoms. The summed E-state index contributed by atoms with van der Waals surface area (Å²) >= 11 is 0. The Morgan fingerprint density at radius 3 is 2.10 bits per heavy atom. The third-order valence-corrected chi connectivity index (χ3v) is 1.74. The van der Waals surface area contributed by atoms with Gasteiger partial charge in [-0.1, -0.05) is 27.2 Å². The quantitative estimate of drug-likeness (QED) is 0.590. The number of hydrogen-bond donors (Lipinski definition) is 0. The molecule has 1 unspecified atom stereocenters. The Morgan fingerprint density at radius 2 is 2.00 bits per heavy atom. The Balaban J connectivity index is 3.85. The third kappa shape index (κ3) is 2.85. The second kappa shape index (κ2) is 4.31. The van der Waals surface area contributed by atoms with Crippen LogP contribution in [0.4, 0.5) is 0 Å². The predicted octanol–water partition coefficient (Wildman–Crippen LogP) is 1.87. The van der Waals surface area contributed by atoms with E-state index in [1.807, 2.05) is 20.8 Å². The highest BCUT2D eigenvalue weighted by Gasteiger charge is 2.18. The van der Waals surface area contributed by atoms with Gasteiger partial charge in [0.2, 0.25) is 5.91 Å². The van der Waals surface area contributed by atoms with Crippen LogP contribution in [0.3, 0.4) is 0 Å². The van der Waals surface area contributed by atoms with Crippen LogP contribution in [0.25, 0.3) is 0 Å². The SMILES string of the molecule is CCCC(C([NH])=O)C(C)C. The maximum absolute atomic E-state index is 10.6. The second-order valence-corrected chi connectivity index (χ2v) is 3.00. The van der Waals surface area contributed by atoms with Gasteiger partial charge >= 0.3 is 0 Å². The van der Waals surface area contributed by atoms with E-state index in [2.05, 4.69) is 0 Å². The van der Waals surface area contributed by atoms with Crippen molar-refractivity contribution in [1.29, 1.82) is 0 Å². The van der Waals surface area contributed by atoms with E-state index in [4.69, 9.17) is 5.73 Å². The highest BCUT2D eigenvalue weighted by Crippen LogP contribution is 2.16. The van der Waals surface area contributed by atoms with Crippen molar-refractivity contribution in [3.8, 4) is 0 Å². The Hall–Kier alpha value is -0.530. The Kier molecular flexibility index (Phi) is 4.08. The molecular weight excluding hydrogens is 126 g/mol. The molecule has 1 amide bonds. The monoisotopic (exact) mass is 142 g/mol. The van der Waals surface area contributed by atoms with Crippen LogP contribution in [-0.2, 0) is 4.79 Å². The van der Waals surface area contributed by atoms with E-state index in [-0.39, 0.29) is 5.92 Å². The summed E-state index contributed by atoms with van der Waals surface area (Å²) in [6.07, 6.45) is 1.85. The third-order valence-electron chi connectivity index (χ3n) is 1.74. The first kappa shape index (κ1) is 9.47. The van der Waals surface area contributed by atoms with Gasteiger partial charge in [-0.25, -0.2) is 0 Å². The number of hydrogen-bond acceptors (Lipinski definition) is 1. The molecule has 1 atom stereocenters. The molecule has 0 saturated carbocycles. The molecule has 2 heteroatoms. The van der Waals surface area contributed by atoms with Crippen LogP contribution in [0, 0.1) is 11.8 Å². The Bertz CT molecular complexity index is 110. The molecule has 0 saturated heterocycles. The van der Waals surface area contributed by atoms with Crippen LogP contribution >= 0.6 is 0 Å². The minimum atomic E-state index is -0.406. The van der Waals surface area contributed by atoms with Crippen LogP contribution in [0.2, 0.25) is 0 Å². The fourth-order valence-corrected chi connectivity index (χ4v) is 1.08. The number of rotatable bonds is 4. The first-order valence-electron chi connectivity index (χ1n) is 3.85. The highest BCUT2D eigenvalue weighted by atomic mass is 16.1. The summed E-state index contributed by atoms with van der Waals surface area (Å²) < 4.78 is 0. The summed E-state index contributed by atoms with van der Waals surface area (Å²) in [5.41, 5.74) is 6.93. The van der Waals surface area contributed by atoms with Gasteiger partial charge in [-0.05, 0) is 12.3 Å². The van der Waals surface area contributed by atoms with Crippen molar-refractivity contribution in [2.45, 2.75) is 33.6 Å². The van der Waals surface area contributed by atoms with E-state index in [0.29, 0.717) is 5.92 Å². The number of nitrogens with one attached hydrogen (secondary N) is 1. The first-order chi connectivity index (χ1) is 4.59. The summed E-state index contributed by atoms with van der Waals surface area (Å²) in [4.78, 5) is 10.6. The molecule has 0 heterocycles. The molecule has 0 aromatic rings. The lowest BCUT2D eigenvalue weighted by atomic mass is 9.91. The number of carbonyl (C=O) groups excluding carboxylic acids is 1. The van der Waals surface area contributed by atoms with E-state index in [1.165, 1.54) is 0 Å². The van der Waals surface area contributed by atoms with E-state index in [9.17, 15) is 4.79 Å². The van der Waals surface area contributed by atoms with Gasteiger partial charge in [0.25, 0.3) is 0 Å². The van der Waals surface area contributed by atoms with Crippen molar-refractivity contribution in [3.05, 3.63) is 0 Å². The van der Waals surface area contributed by atoms with Crippen molar-refractivity contribution in [3.63, 3.8) is 0 Å². The van der Waals surface area contributed by atoms with Gasteiger partial charge < -0.3 is 0 Å². The lowest BCUT2D eigenvalue weighted by molar-refractivity contribution is -0.123. The first-order valence-corrected chi connectivity index (χ1v) is 3.85. The normalized spacial score (nSPS) is 13.6. The zero-order valence-corrected chi connectivity index (χ0v) is 6.98. The minimum absolute atomic E-state index is 0.0370. The molecular formula is C8H16NO. The van der Waals surface area contributed by atoms with Gasteiger partial charge in [0.05, 0.1) is 0 Å². The largest absolute Gasteiger partial charge is 0.273 e. The smallest absolute Gasteiger partial charge is 0.241 e. The molecule has 0 aliphatic carbocycles. The summed E-state index contributed by atoms with van der Waals surface area (Å²) in [6.45, 7) is 6.03. The summed E-state index contributed by atoms with van der Waals surface area (Å²) in [6, 6.07) is 0. The fourth-order valence-electron chi connectivity index (χ4n) is 1.08. The van der Waals surface area contributed by atoms with Crippen LogP contribution in [0.5, 0.6) is 0 Å². The van der Waals surface area contributed by atoms with E-state index in [1.54, 1.807) is 0 Å². The van der Waals surface area contributed by atoms with Crippen molar-refractivity contribution in [2.24, 2.45) is 11.8 Å². The fraction of sp³-hybridized carbons (Fsp3) is 0.875. The molecule has 0 aromatic carbocycles. The van der Waals surface area contributed by atoms with Gasteiger partial charge in [-0.3, -0.25) is 10.5 Å². The van der Waals surface area contributed by atoms with Gasteiger partial charge in [-0.15, -0.1) is 0 Å². The van der Waals surface area contributed by atoms with Crippen molar-refractivity contribution >= 4 is 5.91 Å². The zero-order chi connectivity index (χ0) is 8.15. The second-order valence-electron chi connectivity index (χ2n) is 3.00. The molecule has 0 aliphatic heterocycles. The number of amides is 1. The molecule has 59 valence electrons. The molecule has 1 radical (unpaired) electrons. The van der Waals surface area contributed by atoms with Gasteiger partial charge in [0, 0.05) is 5.92 Å². The molecule has 0 spiro atoms. The van der Waals surface area contributed by atoms with Crippen LogP contribution in [0.1, 0.15) is 33.6 Å². The number of carbonyl (C=O) groups is 1. The van der Waals surface area contributed by atoms with E-state index >= 15 is 0 Å². The predicted molar refractivity (Wildman–Crippen MR) is 41.3 cm³/mol. The average molecular weight is 142 g/mol. The van der Waals surface area contributed by atoms with E-state index in [0.717, 1.165) is 12.8 Å². The van der Waals surface area contributed by atoms with Gasteiger partial charge in [0.1, 0.15) is 0 Å². The molecule has 0 aliphatic rings. The van der Waals surface area contributed by atoms with Crippen molar-refractivity contribution < 1.29 is 4.79 Å². The molecule has 0 fully saturated rings. The Labute approximate surface area is 62.8 Å². The molecule has 0 bridgehead atoms. The van der Waals surface area contributed by atoms with Gasteiger partial charge in [-0.2, -0.15) is 0 Å². The van der Waals surface area contributed by atoms with Crippen LogP contribution in [-0.4, -0.2) is 5.91 Å². The zero-order valence-electron chi connectivity index (χ0n) is 6.98. The van der Waals surface area contributed by atoms with Crippen LogP contribution < -0.4 is 5.73 Å². The standard InChI is InChI=1S/C8H16NO/c1-4-5-7(6(2)3)8(9)10/h6-7,9H,4-5H2,1-3H3. The lowest BCUT2D eigenvalue weighted by Crippen LogP contribution is -2.20. The maximum Gasteiger partial charge on any atom is 0.241 e. The molecule has 2 nitrogen and oxygen atoms in total. The molecule has 1 N–H and O–H groups in total. The topological polar surface area (TPSA) is 40.9 Å². The molecule has 0 rings (SSSR count). The van der Waals surface area contributed by atoms with Gasteiger partial charge in [0.15, 0.2) is 0 Å². The van der Waals surface area contributed by atoms with E-state index < -0.39 is 5.91 Å². The van der Waals surface area contributed by atoms with Crippen LogP contribution in [0.15, 0.2) is 0 Å². The highest BCUT2D eigenvalue weighted by molar-refractivity contribution is 5.76. The van der Waals surface area contributed by atoms with Crippen molar-refractivity contribution in [2.75, 3.05) is 0 Å². The molecule has 0 aromatic heterocycles. The van der Waals surface area contributed by atoms with Crippen molar-refractivity contribution in [1.82, 2.24) is 5.73 Å². The summed E-state index contributed by atoms with van der Waals surface area (Å²) in [5.74, 6) is -0.119. The lowest BCUT2D eigenvalue weighted by Gasteiger charge is -2.14. The average Bonchev–Trinajstić information content (AvgIpc) is 1.81. The minimum Gasteiger partial charge on any atom is -0.273 e. The summed E-state index contributed by atoms with van der Waals surface area (Å²) in [5, 5.41) is 0.